The van der Waals surface area contributed by atoms with Gasteiger partial charge in [-0.25, -0.2) is 0 Å². The highest BCUT2D eigenvalue weighted by Crippen LogP contribution is 2.28. The molecule has 2 N–H and O–H groups in total. The second-order valence-corrected chi connectivity index (χ2v) is 5.57. The van der Waals surface area contributed by atoms with Crippen LogP contribution in [0.4, 0.5) is 5.69 Å². The van der Waals surface area contributed by atoms with Crippen molar-refractivity contribution in [3.8, 4) is 5.75 Å². The smallest absolute Gasteiger partial charge is 0.261 e. The molecule has 3 aromatic rings. The van der Waals surface area contributed by atoms with Crippen LogP contribution in [0.5, 0.6) is 5.75 Å². The number of carbonyl (C=O) groups excluding carboxylic acids is 1. The number of amides is 1. The molecule has 0 fully saturated rings. The molecule has 0 aliphatic rings. The van der Waals surface area contributed by atoms with Crippen molar-refractivity contribution >= 4 is 23.2 Å². The number of ether oxygens (including phenoxy) is 1. The SMILES string of the molecule is O=C(Nc1ccc(OCc2cccnc2)c(Cl)c1)c1ccc[nH]c1=O. The molecule has 0 bridgehead atoms. The second kappa shape index (κ2) is 7.63. The van der Waals surface area contributed by atoms with Gasteiger partial charge in [-0.1, -0.05) is 17.7 Å². The maximum absolute atomic E-state index is 12.1. The molecular weight excluding hydrogens is 342 g/mol. The molecule has 1 amide bonds. The van der Waals surface area contributed by atoms with E-state index in [1.54, 1.807) is 36.7 Å². The van der Waals surface area contributed by atoms with E-state index in [2.05, 4.69) is 15.3 Å². The zero-order valence-electron chi connectivity index (χ0n) is 13.0. The number of hydrogen-bond acceptors (Lipinski definition) is 4. The molecule has 25 heavy (non-hydrogen) atoms. The van der Waals surface area contributed by atoms with E-state index in [1.165, 1.54) is 12.3 Å². The summed E-state index contributed by atoms with van der Waals surface area (Å²) in [5, 5.41) is 2.98. The lowest BCUT2D eigenvalue weighted by molar-refractivity contribution is 0.102. The fourth-order valence-corrected chi connectivity index (χ4v) is 2.37. The highest BCUT2D eigenvalue weighted by molar-refractivity contribution is 6.32. The number of nitrogens with zero attached hydrogens (tertiary/aromatic N) is 1. The van der Waals surface area contributed by atoms with Crippen molar-refractivity contribution in [2.24, 2.45) is 0 Å². The number of halogens is 1. The van der Waals surface area contributed by atoms with Gasteiger partial charge in [-0.3, -0.25) is 14.6 Å². The van der Waals surface area contributed by atoms with E-state index < -0.39 is 11.5 Å². The lowest BCUT2D eigenvalue weighted by Gasteiger charge is -2.10. The Morgan fingerprint density at radius 2 is 2.12 bits per heavy atom. The van der Waals surface area contributed by atoms with Crippen LogP contribution in [-0.4, -0.2) is 15.9 Å². The van der Waals surface area contributed by atoms with Crippen LogP contribution in [0.3, 0.4) is 0 Å². The molecule has 0 saturated carbocycles. The summed E-state index contributed by atoms with van der Waals surface area (Å²) in [6.45, 7) is 0.332. The van der Waals surface area contributed by atoms with Crippen LogP contribution in [0.15, 0.2) is 65.8 Å². The molecule has 0 saturated heterocycles. The molecule has 1 aromatic carbocycles. The molecular formula is C18H14ClN3O3. The predicted molar refractivity (Wildman–Crippen MR) is 95.0 cm³/mol. The van der Waals surface area contributed by atoms with Crippen molar-refractivity contribution < 1.29 is 9.53 Å². The van der Waals surface area contributed by atoms with Gasteiger partial charge in [0.2, 0.25) is 0 Å². The van der Waals surface area contributed by atoms with Crippen molar-refractivity contribution in [3.63, 3.8) is 0 Å². The van der Waals surface area contributed by atoms with Gasteiger partial charge >= 0.3 is 0 Å². The van der Waals surface area contributed by atoms with E-state index in [0.717, 1.165) is 5.56 Å². The number of anilines is 1. The minimum atomic E-state index is -0.512. The summed E-state index contributed by atoms with van der Waals surface area (Å²) in [5.41, 5.74) is 0.948. The lowest BCUT2D eigenvalue weighted by Crippen LogP contribution is -2.22. The number of pyridine rings is 2. The third kappa shape index (κ3) is 4.24. The van der Waals surface area contributed by atoms with Crippen molar-refractivity contribution in [1.29, 1.82) is 0 Å². The Morgan fingerprint density at radius 3 is 2.84 bits per heavy atom. The zero-order chi connectivity index (χ0) is 17.6. The first-order chi connectivity index (χ1) is 12.1. The van der Waals surface area contributed by atoms with Gasteiger partial charge in [-0.15, -0.1) is 0 Å². The van der Waals surface area contributed by atoms with E-state index in [-0.39, 0.29) is 5.56 Å². The third-order valence-electron chi connectivity index (χ3n) is 3.37. The summed E-state index contributed by atoms with van der Waals surface area (Å²) in [6, 6.07) is 11.6. The summed E-state index contributed by atoms with van der Waals surface area (Å²) in [7, 11) is 0. The van der Waals surface area contributed by atoms with Crippen LogP contribution < -0.4 is 15.6 Å². The zero-order valence-corrected chi connectivity index (χ0v) is 13.8. The first kappa shape index (κ1) is 16.7. The van der Waals surface area contributed by atoms with Crippen LogP contribution in [0.25, 0.3) is 0 Å². The highest BCUT2D eigenvalue weighted by Gasteiger charge is 2.11. The van der Waals surface area contributed by atoms with Crippen molar-refractivity contribution in [2.75, 3.05) is 5.32 Å². The van der Waals surface area contributed by atoms with E-state index >= 15 is 0 Å². The van der Waals surface area contributed by atoms with E-state index in [9.17, 15) is 9.59 Å². The van der Waals surface area contributed by atoms with Gasteiger partial charge in [0.15, 0.2) is 0 Å². The Morgan fingerprint density at radius 1 is 1.24 bits per heavy atom. The molecule has 0 aliphatic carbocycles. The molecule has 0 unspecified atom stereocenters. The van der Waals surface area contributed by atoms with Crippen molar-refractivity contribution in [1.82, 2.24) is 9.97 Å². The molecule has 0 atom stereocenters. The van der Waals surface area contributed by atoms with Gasteiger partial charge < -0.3 is 15.0 Å². The van der Waals surface area contributed by atoms with Gasteiger partial charge in [0, 0.05) is 29.8 Å². The Balaban J connectivity index is 1.68. The van der Waals surface area contributed by atoms with Gasteiger partial charge in [-0.05, 0) is 36.4 Å². The van der Waals surface area contributed by atoms with Crippen LogP contribution in [0, 0.1) is 0 Å². The molecule has 126 valence electrons. The van der Waals surface area contributed by atoms with Gasteiger partial charge in [-0.2, -0.15) is 0 Å². The Hall–Kier alpha value is -3.12. The summed E-state index contributed by atoms with van der Waals surface area (Å²) in [5.74, 6) is -0.0250. The molecule has 0 spiro atoms. The maximum Gasteiger partial charge on any atom is 0.261 e. The first-order valence-electron chi connectivity index (χ1n) is 7.44. The number of H-pyrrole nitrogens is 1. The number of aromatic nitrogens is 2. The average molecular weight is 356 g/mol. The fourth-order valence-electron chi connectivity index (χ4n) is 2.14. The molecule has 6 nitrogen and oxygen atoms in total. The standard InChI is InChI=1S/C18H14ClN3O3/c19-15-9-13(22-18(24)14-4-2-8-21-17(14)23)5-6-16(15)25-11-12-3-1-7-20-10-12/h1-10H,11H2,(H,21,23)(H,22,24). The largest absolute Gasteiger partial charge is 0.487 e. The van der Waals surface area contributed by atoms with Gasteiger partial charge in [0.1, 0.15) is 17.9 Å². The van der Waals surface area contributed by atoms with Crippen LogP contribution >= 0.6 is 11.6 Å². The first-order valence-corrected chi connectivity index (χ1v) is 7.81. The molecule has 2 aromatic heterocycles. The van der Waals surface area contributed by atoms with E-state index in [0.29, 0.717) is 23.1 Å². The van der Waals surface area contributed by atoms with Gasteiger partial charge in [0.05, 0.1) is 5.02 Å². The number of carbonyl (C=O) groups is 1. The minimum absolute atomic E-state index is 0.0236. The predicted octanol–water partition coefficient (Wildman–Crippen LogP) is 3.25. The van der Waals surface area contributed by atoms with Crippen LogP contribution in [-0.2, 0) is 6.61 Å². The minimum Gasteiger partial charge on any atom is -0.487 e. The maximum atomic E-state index is 12.1. The summed E-state index contributed by atoms with van der Waals surface area (Å²) in [6.07, 6.45) is 4.86. The number of rotatable bonds is 5. The molecule has 3 rings (SSSR count). The molecule has 0 radical (unpaired) electrons. The number of benzene rings is 1. The number of hydrogen-bond donors (Lipinski definition) is 2. The quantitative estimate of drug-likeness (QED) is 0.735. The Bertz CT molecular complexity index is 942. The Kier molecular flexibility index (Phi) is 5.11. The molecule has 0 aliphatic heterocycles. The fraction of sp³-hybridized carbons (Fsp3) is 0.0556. The van der Waals surface area contributed by atoms with Crippen LogP contribution in [0.2, 0.25) is 5.02 Å². The monoisotopic (exact) mass is 355 g/mol. The topological polar surface area (TPSA) is 84.1 Å². The normalized spacial score (nSPS) is 10.3. The second-order valence-electron chi connectivity index (χ2n) is 5.16. The summed E-state index contributed by atoms with van der Waals surface area (Å²) < 4.78 is 5.65. The number of nitrogens with one attached hydrogen (secondary N) is 2. The number of aromatic amines is 1. The van der Waals surface area contributed by atoms with Crippen LogP contribution in [0.1, 0.15) is 15.9 Å². The van der Waals surface area contributed by atoms with Crippen molar-refractivity contribution in [2.45, 2.75) is 6.61 Å². The van der Waals surface area contributed by atoms with E-state index in [4.69, 9.17) is 16.3 Å². The average Bonchev–Trinajstić information content (AvgIpc) is 2.62. The van der Waals surface area contributed by atoms with Crippen molar-refractivity contribution in [3.05, 3.63) is 87.6 Å². The molecule has 7 heteroatoms. The molecule has 2 heterocycles. The highest BCUT2D eigenvalue weighted by atomic mass is 35.5. The van der Waals surface area contributed by atoms with E-state index in [1.807, 2.05) is 12.1 Å². The summed E-state index contributed by atoms with van der Waals surface area (Å²) >= 11 is 6.20. The summed E-state index contributed by atoms with van der Waals surface area (Å²) in [4.78, 5) is 30.2. The Labute approximate surface area is 148 Å². The van der Waals surface area contributed by atoms with Gasteiger partial charge in [0.25, 0.3) is 11.5 Å². The third-order valence-corrected chi connectivity index (χ3v) is 3.67. The lowest BCUT2D eigenvalue weighted by atomic mass is 10.2.